The lowest BCUT2D eigenvalue weighted by Gasteiger charge is -2.05. The van der Waals surface area contributed by atoms with E-state index in [1.807, 2.05) is 13.0 Å². The SMILES string of the molecule is Cc1ccc2occ(/C=C/C(=O)Nc3cc(Cl)ccc3Cl)c(=O)c2c1. The molecule has 0 fully saturated rings. The molecule has 0 saturated heterocycles. The lowest BCUT2D eigenvalue weighted by atomic mass is 10.1. The molecule has 0 radical (unpaired) electrons. The third kappa shape index (κ3) is 3.92. The van der Waals surface area contributed by atoms with Crippen molar-refractivity contribution in [3.63, 3.8) is 0 Å². The Morgan fingerprint density at radius 3 is 2.76 bits per heavy atom. The zero-order chi connectivity index (χ0) is 18.0. The van der Waals surface area contributed by atoms with Gasteiger partial charge in [0.2, 0.25) is 5.91 Å². The highest BCUT2D eigenvalue weighted by Crippen LogP contribution is 2.25. The number of benzene rings is 2. The molecule has 25 heavy (non-hydrogen) atoms. The first-order chi connectivity index (χ1) is 11.9. The van der Waals surface area contributed by atoms with Crippen LogP contribution < -0.4 is 10.7 Å². The van der Waals surface area contributed by atoms with Crippen LogP contribution in [0.2, 0.25) is 10.0 Å². The molecule has 6 heteroatoms. The molecular weight excluding hydrogens is 361 g/mol. The number of fused-ring (bicyclic) bond motifs is 1. The Morgan fingerprint density at radius 1 is 1.16 bits per heavy atom. The summed E-state index contributed by atoms with van der Waals surface area (Å²) in [5.41, 5.74) is 1.93. The minimum atomic E-state index is -0.437. The summed E-state index contributed by atoms with van der Waals surface area (Å²) in [6.07, 6.45) is 3.97. The highest BCUT2D eigenvalue weighted by atomic mass is 35.5. The Hall–Kier alpha value is -2.56. The number of rotatable bonds is 3. The number of carbonyl (C=O) groups is 1. The molecule has 0 spiro atoms. The minimum absolute atomic E-state index is 0.199. The fourth-order valence-corrected chi connectivity index (χ4v) is 2.65. The molecule has 0 bridgehead atoms. The van der Waals surface area contributed by atoms with Gasteiger partial charge in [0.1, 0.15) is 11.8 Å². The predicted molar refractivity (Wildman–Crippen MR) is 101 cm³/mol. The van der Waals surface area contributed by atoms with Crippen LogP contribution in [0.1, 0.15) is 11.1 Å². The van der Waals surface area contributed by atoms with Crippen molar-refractivity contribution in [3.05, 3.63) is 80.1 Å². The van der Waals surface area contributed by atoms with Crippen LogP contribution in [0.15, 0.2) is 57.9 Å². The molecule has 3 rings (SSSR count). The number of nitrogens with one attached hydrogen (secondary N) is 1. The lowest BCUT2D eigenvalue weighted by Crippen LogP contribution is -2.09. The molecule has 2 aromatic carbocycles. The molecule has 1 heterocycles. The van der Waals surface area contributed by atoms with Crippen molar-refractivity contribution in [2.45, 2.75) is 6.92 Å². The van der Waals surface area contributed by atoms with E-state index in [2.05, 4.69) is 5.32 Å². The van der Waals surface area contributed by atoms with Crippen molar-refractivity contribution >= 4 is 51.8 Å². The van der Waals surface area contributed by atoms with E-state index in [1.54, 1.807) is 30.3 Å². The van der Waals surface area contributed by atoms with Crippen LogP contribution >= 0.6 is 23.2 Å². The maximum Gasteiger partial charge on any atom is 0.248 e. The van der Waals surface area contributed by atoms with Gasteiger partial charge in [-0.1, -0.05) is 34.8 Å². The summed E-state index contributed by atoms with van der Waals surface area (Å²) in [6.45, 7) is 1.89. The molecule has 0 aliphatic heterocycles. The highest BCUT2D eigenvalue weighted by molar-refractivity contribution is 6.35. The fourth-order valence-electron chi connectivity index (χ4n) is 2.31. The number of anilines is 1. The van der Waals surface area contributed by atoms with Crippen molar-refractivity contribution in [2.24, 2.45) is 0 Å². The summed E-state index contributed by atoms with van der Waals surface area (Å²) in [5, 5.41) is 3.91. The molecular formula is C19H13Cl2NO3. The number of halogens is 2. The molecule has 0 aliphatic carbocycles. The van der Waals surface area contributed by atoms with E-state index in [0.29, 0.717) is 26.7 Å². The van der Waals surface area contributed by atoms with E-state index in [-0.39, 0.29) is 11.0 Å². The number of aryl methyl sites for hydroxylation is 1. The summed E-state index contributed by atoms with van der Waals surface area (Å²) in [4.78, 5) is 24.5. The van der Waals surface area contributed by atoms with E-state index in [0.717, 1.165) is 5.56 Å². The standard InChI is InChI=1S/C19H13Cl2NO3/c1-11-2-6-17-14(8-11)19(24)12(10-25-17)3-7-18(23)22-16-9-13(20)4-5-15(16)21/h2-10H,1H3,(H,22,23)/b7-3+. The molecule has 1 amide bonds. The first kappa shape index (κ1) is 17.3. The van der Waals surface area contributed by atoms with Gasteiger partial charge in [-0.3, -0.25) is 9.59 Å². The second kappa shape index (κ2) is 7.13. The van der Waals surface area contributed by atoms with Crippen LogP contribution in [0.3, 0.4) is 0 Å². The van der Waals surface area contributed by atoms with Gasteiger partial charge in [0.05, 0.1) is 21.7 Å². The average molecular weight is 374 g/mol. The summed E-state index contributed by atoms with van der Waals surface area (Å²) in [6, 6.07) is 10.1. The van der Waals surface area contributed by atoms with Crippen LogP contribution in [0.4, 0.5) is 5.69 Å². The van der Waals surface area contributed by atoms with Crippen LogP contribution in [0.5, 0.6) is 0 Å². The van der Waals surface area contributed by atoms with E-state index in [9.17, 15) is 9.59 Å². The summed E-state index contributed by atoms with van der Waals surface area (Å²) in [5.74, 6) is -0.437. The molecule has 0 unspecified atom stereocenters. The number of amides is 1. The van der Waals surface area contributed by atoms with Crippen molar-refractivity contribution < 1.29 is 9.21 Å². The quantitative estimate of drug-likeness (QED) is 0.652. The Kier molecular flexibility index (Phi) is 4.93. The Labute approximate surface area is 153 Å². The summed E-state index contributed by atoms with van der Waals surface area (Å²) < 4.78 is 5.44. The molecule has 0 aliphatic rings. The van der Waals surface area contributed by atoms with Gasteiger partial charge in [0.25, 0.3) is 0 Å². The van der Waals surface area contributed by atoms with Gasteiger partial charge >= 0.3 is 0 Å². The molecule has 0 saturated carbocycles. The number of carbonyl (C=O) groups excluding carboxylic acids is 1. The Bertz CT molecular complexity index is 1050. The Morgan fingerprint density at radius 2 is 1.96 bits per heavy atom. The van der Waals surface area contributed by atoms with Gasteiger partial charge in [-0.2, -0.15) is 0 Å². The van der Waals surface area contributed by atoms with Gasteiger partial charge in [0.15, 0.2) is 5.43 Å². The number of hydrogen-bond acceptors (Lipinski definition) is 3. The maximum absolute atomic E-state index is 12.5. The van der Waals surface area contributed by atoms with Crippen LogP contribution in [-0.4, -0.2) is 5.91 Å². The van der Waals surface area contributed by atoms with Gasteiger partial charge < -0.3 is 9.73 Å². The fraction of sp³-hybridized carbons (Fsp3) is 0.0526. The molecule has 126 valence electrons. The molecule has 4 nitrogen and oxygen atoms in total. The smallest absolute Gasteiger partial charge is 0.248 e. The van der Waals surface area contributed by atoms with Gasteiger partial charge in [-0.15, -0.1) is 0 Å². The first-order valence-electron chi connectivity index (χ1n) is 7.40. The number of hydrogen-bond donors (Lipinski definition) is 1. The Balaban J connectivity index is 1.85. The van der Waals surface area contributed by atoms with E-state index >= 15 is 0 Å². The van der Waals surface area contributed by atoms with E-state index < -0.39 is 5.91 Å². The van der Waals surface area contributed by atoms with Gasteiger partial charge in [0, 0.05) is 11.1 Å². The molecule has 1 N–H and O–H groups in total. The third-order valence-corrected chi connectivity index (χ3v) is 4.12. The monoisotopic (exact) mass is 373 g/mol. The van der Waals surface area contributed by atoms with E-state index in [1.165, 1.54) is 18.4 Å². The molecule has 3 aromatic rings. The minimum Gasteiger partial charge on any atom is -0.463 e. The van der Waals surface area contributed by atoms with E-state index in [4.69, 9.17) is 27.6 Å². The average Bonchev–Trinajstić information content (AvgIpc) is 2.58. The van der Waals surface area contributed by atoms with Gasteiger partial charge in [-0.05, 0) is 43.3 Å². The zero-order valence-corrected chi connectivity index (χ0v) is 14.7. The zero-order valence-electron chi connectivity index (χ0n) is 13.2. The largest absolute Gasteiger partial charge is 0.463 e. The van der Waals surface area contributed by atoms with Crippen LogP contribution in [0.25, 0.3) is 17.0 Å². The van der Waals surface area contributed by atoms with Crippen LogP contribution in [-0.2, 0) is 4.79 Å². The second-order valence-corrected chi connectivity index (χ2v) is 6.31. The van der Waals surface area contributed by atoms with Crippen molar-refractivity contribution in [1.29, 1.82) is 0 Å². The summed E-state index contributed by atoms with van der Waals surface area (Å²) >= 11 is 11.9. The second-order valence-electron chi connectivity index (χ2n) is 5.47. The first-order valence-corrected chi connectivity index (χ1v) is 8.16. The van der Waals surface area contributed by atoms with Crippen molar-refractivity contribution in [3.8, 4) is 0 Å². The topological polar surface area (TPSA) is 59.3 Å². The summed E-state index contributed by atoms with van der Waals surface area (Å²) in [7, 11) is 0. The molecule has 1 aromatic heterocycles. The third-order valence-electron chi connectivity index (χ3n) is 3.56. The van der Waals surface area contributed by atoms with Crippen molar-refractivity contribution in [2.75, 3.05) is 5.32 Å². The predicted octanol–water partition coefficient (Wildman–Crippen LogP) is 5.06. The maximum atomic E-state index is 12.5. The molecule has 0 atom stereocenters. The van der Waals surface area contributed by atoms with Crippen LogP contribution in [0, 0.1) is 6.92 Å². The lowest BCUT2D eigenvalue weighted by molar-refractivity contribution is -0.111. The normalized spacial score (nSPS) is 11.2. The van der Waals surface area contributed by atoms with Gasteiger partial charge in [-0.25, -0.2) is 0 Å². The highest BCUT2D eigenvalue weighted by Gasteiger charge is 2.07. The van der Waals surface area contributed by atoms with Crippen molar-refractivity contribution in [1.82, 2.24) is 0 Å².